The Labute approximate surface area is 116 Å². The molecule has 0 unspecified atom stereocenters. The van der Waals surface area contributed by atoms with Crippen molar-refractivity contribution in [3.8, 4) is 0 Å². The van der Waals surface area contributed by atoms with Gasteiger partial charge in [-0.2, -0.15) is 0 Å². The summed E-state index contributed by atoms with van der Waals surface area (Å²) >= 11 is 2.82. The summed E-state index contributed by atoms with van der Waals surface area (Å²) in [6.45, 7) is 0. The largest absolute Gasteiger partial charge is 0.294 e. The van der Waals surface area contributed by atoms with Crippen molar-refractivity contribution >= 4 is 21.7 Å². The molecule has 2 aromatic carbocycles. The van der Waals surface area contributed by atoms with E-state index in [9.17, 15) is 18.0 Å². The molecular formula is C14H8BrF3O. The van der Waals surface area contributed by atoms with Crippen molar-refractivity contribution in [3.63, 3.8) is 0 Å². The van der Waals surface area contributed by atoms with E-state index in [1.54, 1.807) is 6.07 Å². The van der Waals surface area contributed by atoms with E-state index in [4.69, 9.17) is 0 Å². The predicted octanol–water partition coefficient (Wildman–Crippen LogP) is 4.29. The number of benzene rings is 2. The zero-order valence-electron chi connectivity index (χ0n) is 9.59. The standard InChI is InChI=1S/C14H8BrF3O/c15-10-7-12(17)9(6-13(10)18)14(19)5-8-3-1-2-4-11(8)16/h1-4,6-7H,5H2. The maximum absolute atomic E-state index is 13.6. The summed E-state index contributed by atoms with van der Waals surface area (Å²) in [6, 6.07) is 7.39. The lowest BCUT2D eigenvalue weighted by molar-refractivity contribution is 0.0987. The van der Waals surface area contributed by atoms with Crippen molar-refractivity contribution in [1.82, 2.24) is 0 Å². The first-order valence-electron chi connectivity index (χ1n) is 5.40. The minimum Gasteiger partial charge on any atom is -0.294 e. The Hall–Kier alpha value is -1.62. The first kappa shape index (κ1) is 13.8. The molecule has 0 saturated heterocycles. The van der Waals surface area contributed by atoms with Gasteiger partial charge < -0.3 is 0 Å². The van der Waals surface area contributed by atoms with Crippen LogP contribution in [0, 0.1) is 17.5 Å². The van der Waals surface area contributed by atoms with Gasteiger partial charge in [-0.05, 0) is 39.7 Å². The molecule has 0 aromatic heterocycles. The summed E-state index contributed by atoms with van der Waals surface area (Å²) in [5.41, 5.74) is -0.237. The van der Waals surface area contributed by atoms with Crippen molar-refractivity contribution in [1.29, 1.82) is 0 Å². The van der Waals surface area contributed by atoms with E-state index >= 15 is 0 Å². The van der Waals surface area contributed by atoms with Crippen LogP contribution in [0.15, 0.2) is 40.9 Å². The molecule has 0 amide bonds. The van der Waals surface area contributed by atoms with E-state index in [1.807, 2.05) is 0 Å². The Morgan fingerprint density at radius 3 is 2.37 bits per heavy atom. The van der Waals surface area contributed by atoms with E-state index in [0.717, 1.165) is 12.1 Å². The minimum absolute atomic E-state index is 0.0626. The molecule has 0 heterocycles. The zero-order valence-corrected chi connectivity index (χ0v) is 11.2. The van der Waals surface area contributed by atoms with Crippen LogP contribution >= 0.6 is 15.9 Å². The zero-order chi connectivity index (χ0) is 14.0. The van der Waals surface area contributed by atoms with E-state index in [1.165, 1.54) is 18.2 Å². The maximum atomic E-state index is 13.6. The number of ketones is 1. The highest BCUT2D eigenvalue weighted by molar-refractivity contribution is 9.10. The highest BCUT2D eigenvalue weighted by atomic mass is 79.9. The van der Waals surface area contributed by atoms with Gasteiger partial charge in [-0.15, -0.1) is 0 Å². The molecule has 0 N–H and O–H groups in total. The fourth-order valence-corrected chi connectivity index (χ4v) is 1.96. The normalized spacial score (nSPS) is 10.5. The second-order valence-corrected chi connectivity index (χ2v) is 4.79. The number of carbonyl (C=O) groups is 1. The average molecular weight is 329 g/mol. The van der Waals surface area contributed by atoms with Crippen LogP contribution in [-0.2, 0) is 6.42 Å². The number of hydrogen-bond donors (Lipinski definition) is 0. The number of rotatable bonds is 3. The molecule has 98 valence electrons. The molecule has 19 heavy (non-hydrogen) atoms. The lowest BCUT2D eigenvalue weighted by Crippen LogP contribution is -2.08. The third kappa shape index (κ3) is 3.04. The Balaban J connectivity index is 2.31. The summed E-state index contributed by atoms with van der Waals surface area (Å²) in [7, 11) is 0. The van der Waals surface area contributed by atoms with Crippen molar-refractivity contribution in [2.24, 2.45) is 0 Å². The van der Waals surface area contributed by atoms with Crippen molar-refractivity contribution in [2.75, 3.05) is 0 Å². The summed E-state index contributed by atoms with van der Waals surface area (Å²) < 4.78 is 40.2. The van der Waals surface area contributed by atoms with Crippen LogP contribution in [-0.4, -0.2) is 5.78 Å². The van der Waals surface area contributed by atoms with E-state index in [0.29, 0.717) is 0 Å². The fourth-order valence-electron chi connectivity index (χ4n) is 1.65. The van der Waals surface area contributed by atoms with Gasteiger partial charge in [0.1, 0.15) is 17.5 Å². The number of hydrogen-bond acceptors (Lipinski definition) is 1. The van der Waals surface area contributed by atoms with E-state index < -0.39 is 23.2 Å². The number of halogens is 4. The molecule has 0 aliphatic carbocycles. The van der Waals surface area contributed by atoms with Crippen molar-refractivity contribution in [3.05, 3.63) is 69.4 Å². The molecule has 0 bridgehead atoms. The van der Waals surface area contributed by atoms with Gasteiger partial charge in [0.25, 0.3) is 0 Å². The molecular weight excluding hydrogens is 321 g/mol. The SMILES string of the molecule is O=C(Cc1ccccc1F)c1cc(F)c(Br)cc1F. The Kier molecular flexibility index (Phi) is 4.04. The Morgan fingerprint density at radius 1 is 1.00 bits per heavy atom. The van der Waals surface area contributed by atoms with Crippen LogP contribution in [0.5, 0.6) is 0 Å². The third-order valence-corrected chi connectivity index (χ3v) is 3.23. The van der Waals surface area contributed by atoms with E-state index in [-0.39, 0.29) is 22.0 Å². The van der Waals surface area contributed by atoms with Gasteiger partial charge in [-0.3, -0.25) is 4.79 Å². The van der Waals surface area contributed by atoms with Crippen molar-refractivity contribution < 1.29 is 18.0 Å². The van der Waals surface area contributed by atoms with Gasteiger partial charge >= 0.3 is 0 Å². The second kappa shape index (κ2) is 5.57. The topological polar surface area (TPSA) is 17.1 Å². The van der Waals surface area contributed by atoms with Gasteiger partial charge in [-0.25, -0.2) is 13.2 Å². The quantitative estimate of drug-likeness (QED) is 0.606. The van der Waals surface area contributed by atoms with Crippen LogP contribution in [0.25, 0.3) is 0 Å². The summed E-state index contributed by atoms with van der Waals surface area (Å²) in [5.74, 6) is -2.80. The van der Waals surface area contributed by atoms with Gasteiger partial charge in [0.05, 0.1) is 10.0 Å². The van der Waals surface area contributed by atoms with E-state index in [2.05, 4.69) is 15.9 Å². The smallest absolute Gasteiger partial charge is 0.170 e. The van der Waals surface area contributed by atoms with Crippen molar-refractivity contribution in [2.45, 2.75) is 6.42 Å². The number of Topliss-reactive ketones (excluding diaryl/α,β-unsaturated/α-hetero) is 1. The molecule has 1 nitrogen and oxygen atoms in total. The highest BCUT2D eigenvalue weighted by Crippen LogP contribution is 2.21. The van der Waals surface area contributed by atoms with Crippen LogP contribution < -0.4 is 0 Å². The van der Waals surface area contributed by atoms with Crippen LogP contribution in [0.2, 0.25) is 0 Å². The molecule has 5 heteroatoms. The number of carbonyl (C=O) groups excluding carboxylic acids is 1. The summed E-state index contributed by atoms with van der Waals surface area (Å²) in [6.07, 6.45) is -0.315. The Morgan fingerprint density at radius 2 is 1.68 bits per heavy atom. The summed E-state index contributed by atoms with van der Waals surface area (Å²) in [4.78, 5) is 11.9. The van der Waals surface area contributed by atoms with Gasteiger partial charge in [0.2, 0.25) is 0 Å². The van der Waals surface area contributed by atoms with Gasteiger partial charge in [0.15, 0.2) is 5.78 Å². The molecule has 0 radical (unpaired) electrons. The predicted molar refractivity (Wildman–Crippen MR) is 68.5 cm³/mol. The summed E-state index contributed by atoms with van der Waals surface area (Å²) in [5, 5.41) is 0. The molecule has 0 aliphatic heterocycles. The highest BCUT2D eigenvalue weighted by Gasteiger charge is 2.16. The Bertz CT molecular complexity index is 641. The molecule has 0 aliphatic rings. The lowest BCUT2D eigenvalue weighted by atomic mass is 10.0. The fraction of sp³-hybridized carbons (Fsp3) is 0.0714. The minimum atomic E-state index is -0.838. The van der Waals surface area contributed by atoms with Crippen LogP contribution in [0.1, 0.15) is 15.9 Å². The molecule has 0 spiro atoms. The van der Waals surface area contributed by atoms with Crippen LogP contribution in [0.4, 0.5) is 13.2 Å². The average Bonchev–Trinajstić information content (AvgIpc) is 2.36. The molecule has 2 rings (SSSR count). The first-order chi connectivity index (χ1) is 8.99. The third-order valence-electron chi connectivity index (χ3n) is 2.62. The molecule has 2 aromatic rings. The van der Waals surface area contributed by atoms with Crippen LogP contribution in [0.3, 0.4) is 0 Å². The maximum Gasteiger partial charge on any atom is 0.170 e. The monoisotopic (exact) mass is 328 g/mol. The molecule has 0 fully saturated rings. The second-order valence-electron chi connectivity index (χ2n) is 3.94. The molecule has 0 atom stereocenters. The molecule has 0 saturated carbocycles. The van der Waals surface area contributed by atoms with Gasteiger partial charge in [-0.1, -0.05) is 18.2 Å². The lowest BCUT2D eigenvalue weighted by Gasteiger charge is -2.05. The first-order valence-corrected chi connectivity index (χ1v) is 6.19. The van der Waals surface area contributed by atoms with Gasteiger partial charge in [0, 0.05) is 6.42 Å².